The number of nitrogens with two attached hydrogens (primary N) is 1. The van der Waals surface area contributed by atoms with E-state index in [-0.39, 0.29) is 0 Å². The smallest absolute Gasteiger partial charge is 0.226 e. The Morgan fingerprint density at radius 3 is 2.93 bits per heavy atom. The molecule has 0 fully saturated rings. The van der Waals surface area contributed by atoms with Gasteiger partial charge in [-0.2, -0.15) is 4.98 Å². The molecule has 0 bridgehead atoms. The minimum atomic E-state index is 0.482. The second-order valence-corrected chi connectivity index (χ2v) is 3.23. The number of nitrogens with zero attached hydrogens (tertiary/aromatic N) is 3. The molecule has 5 nitrogen and oxygen atoms in total. The van der Waals surface area contributed by atoms with Crippen LogP contribution in [0.25, 0.3) is 11.4 Å². The van der Waals surface area contributed by atoms with Crippen LogP contribution in [-0.4, -0.2) is 15.1 Å². The average Bonchev–Trinajstić information content (AvgIpc) is 2.68. The second kappa shape index (κ2) is 4.08. The highest BCUT2D eigenvalue weighted by molar-refractivity contribution is 5.54. The highest BCUT2D eigenvalue weighted by atomic mass is 16.5. The average molecular weight is 204 g/mol. The van der Waals surface area contributed by atoms with Gasteiger partial charge in [0.1, 0.15) is 5.82 Å². The zero-order chi connectivity index (χ0) is 10.7. The quantitative estimate of drug-likeness (QED) is 0.822. The molecule has 0 saturated heterocycles. The monoisotopic (exact) mass is 204 g/mol. The molecule has 0 saturated carbocycles. The zero-order valence-corrected chi connectivity index (χ0v) is 8.47. The summed E-state index contributed by atoms with van der Waals surface area (Å²) in [6, 6.07) is 3.54. The Hall–Kier alpha value is -1.91. The molecule has 0 aliphatic rings. The molecule has 78 valence electrons. The topological polar surface area (TPSA) is 77.8 Å². The van der Waals surface area contributed by atoms with Crippen LogP contribution in [0, 0.1) is 0 Å². The van der Waals surface area contributed by atoms with E-state index in [0.717, 1.165) is 18.4 Å². The van der Waals surface area contributed by atoms with Crippen LogP contribution in [0.1, 0.15) is 19.2 Å². The Labute approximate surface area is 87.3 Å². The van der Waals surface area contributed by atoms with Crippen molar-refractivity contribution in [2.24, 2.45) is 0 Å². The van der Waals surface area contributed by atoms with Gasteiger partial charge in [0, 0.05) is 18.2 Å². The van der Waals surface area contributed by atoms with E-state index in [1.165, 1.54) is 0 Å². The van der Waals surface area contributed by atoms with Gasteiger partial charge in [-0.05, 0) is 18.6 Å². The van der Waals surface area contributed by atoms with E-state index < -0.39 is 0 Å². The van der Waals surface area contributed by atoms with Gasteiger partial charge in [0.15, 0.2) is 0 Å². The number of rotatable bonds is 3. The highest BCUT2D eigenvalue weighted by Gasteiger charge is 2.07. The summed E-state index contributed by atoms with van der Waals surface area (Å²) < 4.78 is 5.07. The number of anilines is 1. The molecule has 0 spiro atoms. The van der Waals surface area contributed by atoms with E-state index in [4.69, 9.17) is 10.3 Å². The minimum absolute atomic E-state index is 0.482. The zero-order valence-electron chi connectivity index (χ0n) is 8.47. The lowest BCUT2D eigenvalue weighted by Gasteiger charge is -1.93. The van der Waals surface area contributed by atoms with Gasteiger partial charge in [-0.3, -0.25) is 0 Å². The highest BCUT2D eigenvalue weighted by Crippen LogP contribution is 2.15. The molecule has 5 heteroatoms. The maximum atomic E-state index is 5.48. The van der Waals surface area contributed by atoms with Gasteiger partial charge in [-0.25, -0.2) is 4.98 Å². The van der Waals surface area contributed by atoms with E-state index in [9.17, 15) is 0 Å². The number of hydrogen-bond donors (Lipinski definition) is 1. The SMILES string of the molecule is CCCc1nc(-c2ccc(N)nc2)no1. The van der Waals surface area contributed by atoms with E-state index in [1.807, 2.05) is 6.07 Å². The van der Waals surface area contributed by atoms with Gasteiger partial charge in [0.05, 0.1) is 0 Å². The Kier molecular flexibility index (Phi) is 2.62. The van der Waals surface area contributed by atoms with Crippen LogP contribution in [-0.2, 0) is 6.42 Å². The number of hydrogen-bond acceptors (Lipinski definition) is 5. The van der Waals surface area contributed by atoms with E-state index in [2.05, 4.69) is 22.0 Å². The molecule has 15 heavy (non-hydrogen) atoms. The molecule has 2 rings (SSSR count). The standard InChI is InChI=1S/C10H12N4O/c1-2-3-9-13-10(14-15-9)7-4-5-8(11)12-6-7/h4-6H,2-3H2,1H3,(H2,11,12). The third-order valence-corrected chi connectivity index (χ3v) is 1.98. The van der Waals surface area contributed by atoms with Gasteiger partial charge in [0.25, 0.3) is 0 Å². The van der Waals surface area contributed by atoms with E-state index >= 15 is 0 Å². The number of aromatic nitrogens is 3. The van der Waals surface area contributed by atoms with Crippen molar-refractivity contribution in [1.29, 1.82) is 0 Å². The Morgan fingerprint density at radius 1 is 1.40 bits per heavy atom. The molecule has 0 aromatic carbocycles. The van der Waals surface area contributed by atoms with Crippen molar-refractivity contribution in [2.75, 3.05) is 5.73 Å². The molecule has 0 radical (unpaired) electrons. The first-order valence-electron chi connectivity index (χ1n) is 4.84. The maximum Gasteiger partial charge on any atom is 0.226 e. The predicted molar refractivity (Wildman–Crippen MR) is 55.9 cm³/mol. The number of aryl methyl sites for hydroxylation is 1. The summed E-state index contributed by atoms with van der Waals surface area (Å²) in [4.78, 5) is 8.21. The van der Waals surface area contributed by atoms with Crippen molar-refractivity contribution >= 4 is 5.82 Å². The van der Waals surface area contributed by atoms with Crippen molar-refractivity contribution < 1.29 is 4.52 Å². The first kappa shape index (κ1) is 9.64. The lowest BCUT2D eigenvalue weighted by Crippen LogP contribution is -1.90. The molecule has 0 atom stereocenters. The van der Waals surface area contributed by atoms with Crippen LogP contribution in [0.5, 0.6) is 0 Å². The first-order chi connectivity index (χ1) is 7.29. The lowest BCUT2D eigenvalue weighted by molar-refractivity contribution is 0.378. The third-order valence-electron chi connectivity index (χ3n) is 1.98. The molecular formula is C10H12N4O. The van der Waals surface area contributed by atoms with Gasteiger partial charge < -0.3 is 10.3 Å². The summed E-state index contributed by atoms with van der Waals surface area (Å²) in [5.41, 5.74) is 6.30. The number of nitrogen functional groups attached to an aromatic ring is 1. The fourth-order valence-electron chi connectivity index (χ4n) is 1.23. The van der Waals surface area contributed by atoms with Gasteiger partial charge >= 0.3 is 0 Å². The summed E-state index contributed by atoms with van der Waals surface area (Å²) in [6.07, 6.45) is 3.42. The second-order valence-electron chi connectivity index (χ2n) is 3.23. The molecule has 2 N–H and O–H groups in total. The van der Waals surface area contributed by atoms with Crippen LogP contribution in [0.3, 0.4) is 0 Å². The van der Waals surface area contributed by atoms with Gasteiger partial charge in [0.2, 0.25) is 11.7 Å². The molecule has 0 aliphatic carbocycles. The molecule has 0 amide bonds. The van der Waals surface area contributed by atoms with Gasteiger partial charge in [-0.1, -0.05) is 12.1 Å². The third kappa shape index (κ3) is 2.12. The summed E-state index contributed by atoms with van der Waals surface area (Å²) in [7, 11) is 0. The Balaban J connectivity index is 2.25. The largest absolute Gasteiger partial charge is 0.384 e. The van der Waals surface area contributed by atoms with Crippen molar-refractivity contribution in [3.8, 4) is 11.4 Å². The fraction of sp³-hybridized carbons (Fsp3) is 0.300. The van der Waals surface area contributed by atoms with Crippen molar-refractivity contribution in [3.63, 3.8) is 0 Å². The van der Waals surface area contributed by atoms with E-state index in [1.54, 1.807) is 12.3 Å². The minimum Gasteiger partial charge on any atom is -0.384 e. The van der Waals surface area contributed by atoms with Crippen molar-refractivity contribution in [1.82, 2.24) is 15.1 Å². The van der Waals surface area contributed by atoms with Crippen molar-refractivity contribution in [3.05, 3.63) is 24.2 Å². The molecule has 2 aromatic heterocycles. The van der Waals surface area contributed by atoms with Crippen LogP contribution < -0.4 is 5.73 Å². The predicted octanol–water partition coefficient (Wildman–Crippen LogP) is 1.67. The fourth-order valence-corrected chi connectivity index (χ4v) is 1.23. The summed E-state index contributed by atoms with van der Waals surface area (Å²) >= 11 is 0. The Bertz CT molecular complexity index is 435. The normalized spacial score (nSPS) is 10.5. The Morgan fingerprint density at radius 2 is 2.27 bits per heavy atom. The lowest BCUT2D eigenvalue weighted by atomic mass is 10.2. The molecule has 0 unspecified atom stereocenters. The van der Waals surface area contributed by atoms with Gasteiger partial charge in [-0.15, -0.1) is 0 Å². The van der Waals surface area contributed by atoms with E-state index in [0.29, 0.717) is 17.5 Å². The molecular weight excluding hydrogens is 192 g/mol. The molecule has 2 aromatic rings. The van der Waals surface area contributed by atoms with Crippen LogP contribution in [0.4, 0.5) is 5.82 Å². The van der Waals surface area contributed by atoms with Crippen LogP contribution >= 0.6 is 0 Å². The van der Waals surface area contributed by atoms with Crippen LogP contribution in [0.2, 0.25) is 0 Å². The molecule has 2 heterocycles. The number of pyridine rings is 1. The summed E-state index contributed by atoms with van der Waals surface area (Å²) in [5, 5.41) is 3.87. The molecule has 0 aliphatic heterocycles. The van der Waals surface area contributed by atoms with Crippen LogP contribution in [0.15, 0.2) is 22.9 Å². The first-order valence-corrected chi connectivity index (χ1v) is 4.84. The maximum absolute atomic E-state index is 5.48. The summed E-state index contributed by atoms with van der Waals surface area (Å²) in [6.45, 7) is 2.06. The van der Waals surface area contributed by atoms with Crippen molar-refractivity contribution in [2.45, 2.75) is 19.8 Å². The summed E-state index contributed by atoms with van der Waals surface area (Å²) in [5.74, 6) is 1.70.